The van der Waals surface area contributed by atoms with E-state index in [2.05, 4.69) is 15.6 Å². The van der Waals surface area contributed by atoms with E-state index in [0.717, 1.165) is 18.9 Å². The number of alkyl halides is 3. The quantitative estimate of drug-likeness (QED) is 0.641. The van der Waals surface area contributed by atoms with Crippen molar-refractivity contribution in [3.05, 3.63) is 23.9 Å². The lowest BCUT2D eigenvalue weighted by molar-refractivity contribution is -0.137. The van der Waals surface area contributed by atoms with E-state index in [-0.39, 0.29) is 5.82 Å². The molecule has 2 rings (SSSR count). The van der Waals surface area contributed by atoms with Gasteiger partial charge >= 0.3 is 6.18 Å². The highest BCUT2D eigenvalue weighted by Gasteiger charge is 2.33. The molecule has 1 aromatic heterocycles. The van der Waals surface area contributed by atoms with Crippen molar-refractivity contribution in [2.24, 2.45) is 0 Å². The molecule has 0 amide bonds. The molecule has 6 heteroatoms. The first kappa shape index (κ1) is 16.1. The van der Waals surface area contributed by atoms with Crippen molar-refractivity contribution < 1.29 is 13.2 Å². The van der Waals surface area contributed by atoms with E-state index < -0.39 is 11.7 Å². The van der Waals surface area contributed by atoms with Crippen molar-refractivity contribution in [3.8, 4) is 0 Å². The molecule has 21 heavy (non-hydrogen) atoms. The zero-order valence-electron chi connectivity index (χ0n) is 12.0. The summed E-state index contributed by atoms with van der Waals surface area (Å²) in [6.45, 7) is 1.09. The van der Waals surface area contributed by atoms with Crippen LogP contribution in [0.1, 0.15) is 44.1 Å². The number of rotatable bonds is 5. The lowest BCUT2D eigenvalue weighted by Crippen LogP contribution is -2.32. The van der Waals surface area contributed by atoms with Crippen molar-refractivity contribution in [2.45, 2.75) is 50.7 Å². The second-order valence-corrected chi connectivity index (χ2v) is 5.47. The molecule has 0 aromatic carbocycles. The Morgan fingerprint density at radius 1 is 1.10 bits per heavy atom. The number of pyridine rings is 1. The molecule has 118 valence electrons. The highest BCUT2D eigenvalue weighted by molar-refractivity contribution is 5.45. The summed E-state index contributed by atoms with van der Waals surface area (Å²) in [7, 11) is 0. The fraction of sp³-hybridized carbons (Fsp3) is 0.667. The van der Waals surface area contributed by atoms with Gasteiger partial charge in [0.25, 0.3) is 0 Å². The molecular formula is C15H22F3N3. The van der Waals surface area contributed by atoms with Crippen molar-refractivity contribution in [3.63, 3.8) is 0 Å². The third-order valence-corrected chi connectivity index (χ3v) is 3.82. The monoisotopic (exact) mass is 301 g/mol. The first-order chi connectivity index (χ1) is 10.1. The maximum atomic E-state index is 12.8. The molecule has 1 aliphatic carbocycles. The summed E-state index contributed by atoms with van der Waals surface area (Å²) >= 11 is 0. The Balaban J connectivity index is 1.78. The Kier molecular flexibility index (Phi) is 5.85. The summed E-state index contributed by atoms with van der Waals surface area (Å²) in [4.78, 5) is 3.79. The van der Waals surface area contributed by atoms with Gasteiger partial charge in [-0.15, -0.1) is 0 Å². The molecule has 0 atom stereocenters. The van der Waals surface area contributed by atoms with Gasteiger partial charge in [0.15, 0.2) is 0 Å². The average molecular weight is 301 g/mol. The van der Waals surface area contributed by atoms with Gasteiger partial charge in [-0.25, -0.2) is 4.98 Å². The molecule has 1 heterocycles. The Labute approximate surface area is 123 Å². The standard InChI is InChI=1S/C15H22F3N3/c16-15(17,18)13-8-5-9-20-14(13)21-11-10-19-12-6-3-1-2-4-7-12/h5,8-9,12,19H,1-4,6-7,10-11H2,(H,20,21). The lowest BCUT2D eigenvalue weighted by atomic mass is 10.1. The number of anilines is 1. The van der Waals surface area contributed by atoms with Crippen LogP contribution in [0.2, 0.25) is 0 Å². The van der Waals surface area contributed by atoms with E-state index in [1.54, 1.807) is 0 Å². The van der Waals surface area contributed by atoms with Crippen LogP contribution in [0.3, 0.4) is 0 Å². The van der Waals surface area contributed by atoms with E-state index in [4.69, 9.17) is 0 Å². The van der Waals surface area contributed by atoms with Crippen LogP contribution >= 0.6 is 0 Å². The summed E-state index contributed by atoms with van der Waals surface area (Å²) in [5.41, 5.74) is -0.709. The maximum Gasteiger partial charge on any atom is 0.419 e. The summed E-state index contributed by atoms with van der Waals surface area (Å²) in [5.74, 6) is -0.0901. The van der Waals surface area contributed by atoms with Gasteiger partial charge in [-0.3, -0.25) is 0 Å². The minimum atomic E-state index is -4.37. The summed E-state index contributed by atoms with van der Waals surface area (Å²) < 4.78 is 38.4. The van der Waals surface area contributed by atoms with Crippen molar-refractivity contribution in [1.29, 1.82) is 0 Å². The van der Waals surface area contributed by atoms with Crippen LogP contribution in [0.4, 0.5) is 19.0 Å². The molecular weight excluding hydrogens is 279 g/mol. The van der Waals surface area contributed by atoms with Gasteiger partial charge in [0.05, 0.1) is 5.56 Å². The van der Waals surface area contributed by atoms with Crippen LogP contribution in [-0.4, -0.2) is 24.1 Å². The molecule has 2 N–H and O–H groups in total. The predicted molar refractivity (Wildman–Crippen MR) is 77.2 cm³/mol. The largest absolute Gasteiger partial charge is 0.419 e. The van der Waals surface area contributed by atoms with Gasteiger partial charge in [0.2, 0.25) is 0 Å². The SMILES string of the molecule is FC(F)(F)c1cccnc1NCCNC1CCCCCC1. The van der Waals surface area contributed by atoms with Gasteiger partial charge in [-0.05, 0) is 25.0 Å². The van der Waals surface area contributed by atoms with E-state index in [9.17, 15) is 13.2 Å². The lowest BCUT2D eigenvalue weighted by Gasteiger charge is -2.17. The molecule has 3 nitrogen and oxygen atoms in total. The third kappa shape index (κ3) is 5.19. The topological polar surface area (TPSA) is 37.0 Å². The summed E-state index contributed by atoms with van der Waals surface area (Å²) in [6, 6.07) is 2.85. The van der Waals surface area contributed by atoms with Crippen LogP contribution in [0.25, 0.3) is 0 Å². The molecule has 1 aromatic rings. The van der Waals surface area contributed by atoms with Crippen LogP contribution < -0.4 is 10.6 Å². The molecule has 0 unspecified atom stereocenters. The Bertz CT molecular complexity index is 426. The smallest absolute Gasteiger partial charge is 0.368 e. The summed E-state index contributed by atoms with van der Waals surface area (Å²) in [5, 5.41) is 6.20. The van der Waals surface area contributed by atoms with Gasteiger partial charge in [-0.1, -0.05) is 25.7 Å². The highest BCUT2D eigenvalue weighted by atomic mass is 19.4. The van der Waals surface area contributed by atoms with E-state index in [1.807, 2.05) is 0 Å². The second-order valence-electron chi connectivity index (χ2n) is 5.47. The number of hydrogen-bond donors (Lipinski definition) is 2. The fourth-order valence-corrected chi connectivity index (χ4v) is 2.72. The van der Waals surface area contributed by atoms with Crippen molar-refractivity contribution >= 4 is 5.82 Å². The fourth-order valence-electron chi connectivity index (χ4n) is 2.72. The highest BCUT2D eigenvalue weighted by Crippen LogP contribution is 2.33. The zero-order valence-corrected chi connectivity index (χ0v) is 12.0. The number of nitrogens with one attached hydrogen (secondary N) is 2. The van der Waals surface area contributed by atoms with E-state index in [0.29, 0.717) is 19.1 Å². The molecule has 0 radical (unpaired) electrons. The average Bonchev–Trinajstić information content (AvgIpc) is 2.72. The molecule has 0 bridgehead atoms. The normalized spacial score (nSPS) is 17.5. The van der Waals surface area contributed by atoms with Crippen molar-refractivity contribution in [1.82, 2.24) is 10.3 Å². The zero-order chi connectivity index (χ0) is 15.1. The first-order valence-corrected chi connectivity index (χ1v) is 7.57. The first-order valence-electron chi connectivity index (χ1n) is 7.57. The molecule has 0 saturated heterocycles. The van der Waals surface area contributed by atoms with Gasteiger partial charge < -0.3 is 10.6 Å². The second kappa shape index (κ2) is 7.64. The number of nitrogens with zero attached hydrogens (tertiary/aromatic N) is 1. The molecule has 1 fully saturated rings. The Hall–Kier alpha value is -1.30. The van der Waals surface area contributed by atoms with Gasteiger partial charge in [-0.2, -0.15) is 13.2 Å². The van der Waals surface area contributed by atoms with Crippen LogP contribution in [-0.2, 0) is 6.18 Å². The van der Waals surface area contributed by atoms with E-state index in [1.165, 1.54) is 37.9 Å². The minimum Gasteiger partial charge on any atom is -0.368 e. The van der Waals surface area contributed by atoms with Crippen LogP contribution in [0.15, 0.2) is 18.3 Å². The van der Waals surface area contributed by atoms with E-state index >= 15 is 0 Å². The maximum absolute atomic E-state index is 12.8. The molecule has 0 aliphatic heterocycles. The van der Waals surface area contributed by atoms with Crippen LogP contribution in [0, 0.1) is 0 Å². The Morgan fingerprint density at radius 2 is 1.81 bits per heavy atom. The number of aromatic nitrogens is 1. The van der Waals surface area contributed by atoms with Gasteiger partial charge in [0, 0.05) is 25.3 Å². The van der Waals surface area contributed by atoms with Gasteiger partial charge in [0.1, 0.15) is 5.82 Å². The molecule has 1 aliphatic rings. The predicted octanol–water partition coefficient (Wildman–Crippen LogP) is 3.82. The molecule has 0 spiro atoms. The minimum absolute atomic E-state index is 0.0901. The Morgan fingerprint density at radius 3 is 2.48 bits per heavy atom. The number of halogens is 3. The van der Waals surface area contributed by atoms with Crippen molar-refractivity contribution in [2.75, 3.05) is 18.4 Å². The third-order valence-electron chi connectivity index (χ3n) is 3.82. The number of hydrogen-bond acceptors (Lipinski definition) is 3. The molecule has 1 saturated carbocycles. The summed E-state index contributed by atoms with van der Waals surface area (Å²) in [6.07, 6.45) is 4.39. The van der Waals surface area contributed by atoms with Crippen LogP contribution in [0.5, 0.6) is 0 Å².